The smallest absolute Gasteiger partial charge is 0.305 e. The van der Waals surface area contributed by atoms with Crippen LogP contribution in [0.4, 0.5) is 5.13 Å². The molecule has 0 amide bonds. The standard InChI is InChI=1S/C12H20N2O2S/c1-4-9(2)7-13-12-14-10(8-17-12)5-6-11(15)16-3/h8-9H,4-7H2,1-3H3,(H,13,14). The van der Waals surface area contributed by atoms with Crippen LogP contribution in [0.1, 0.15) is 32.4 Å². The Morgan fingerprint density at radius 3 is 3.06 bits per heavy atom. The van der Waals surface area contributed by atoms with Gasteiger partial charge in [0.05, 0.1) is 19.2 Å². The second kappa shape index (κ2) is 7.27. The highest BCUT2D eigenvalue weighted by Gasteiger charge is 2.06. The number of hydrogen-bond donors (Lipinski definition) is 1. The van der Waals surface area contributed by atoms with Gasteiger partial charge in [-0.2, -0.15) is 0 Å². The largest absolute Gasteiger partial charge is 0.469 e. The summed E-state index contributed by atoms with van der Waals surface area (Å²) in [4.78, 5) is 15.4. The molecule has 1 atom stereocenters. The van der Waals surface area contributed by atoms with Crippen molar-refractivity contribution in [1.82, 2.24) is 4.98 Å². The van der Waals surface area contributed by atoms with Gasteiger partial charge in [-0.1, -0.05) is 20.3 Å². The van der Waals surface area contributed by atoms with E-state index >= 15 is 0 Å². The zero-order chi connectivity index (χ0) is 12.7. The Morgan fingerprint density at radius 2 is 2.41 bits per heavy atom. The minimum atomic E-state index is -0.188. The fourth-order valence-electron chi connectivity index (χ4n) is 1.24. The molecule has 0 aromatic carbocycles. The number of carbonyl (C=O) groups is 1. The predicted molar refractivity (Wildman–Crippen MR) is 70.4 cm³/mol. The van der Waals surface area contributed by atoms with Gasteiger partial charge in [0.1, 0.15) is 0 Å². The molecule has 5 heteroatoms. The molecular weight excluding hydrogens is 236 g/mol. The van der Waals surface area contributed by atoms with Crippen LogP contribution in [0, 0.1) is 5.92 Å². The van der Waals surface area contributed by atoms with Crippen molar-refractivity contribution in [3.05, 3.63) is 11.1 Å². The van der Waals surface area contributed by atoms with Crippen molar-refractivity contribution in [1.29, 1.82) is 0 Å². The van der Waals surface area contributed by atoms with Crippen LogP contribution in [-0.4, -0.2) is 24.6 Å². The van der Waals surface area contributed by atoms with Gasteiger partial charge < -0.3 is 10.1 Å². The third kappa shape index (κ3) is 5.17. The summed E-state index contributed by atoms with van der Waals surface area (Å²) in [5.74, 6) is 0.463. The summed E-state index contributed by atoms with van der Waals surface area (Å²) in [5, 5.41) is 6.23. The number of aromatic nitrogens is 1. The van der Waals surface area contributed by atoms with Gasteiger partial charge in [-0.25, -0.2) is 4.98 Å². The summed E-state index contributed by atoms with van der Waals surface area (Å²) in [6, 6.07) is 0. The first-order valence-corrected chi connectivity index (χ1v) is 6.78. The molecule has 0 bridgehead atoms. The van der Waals surface area contributed by atoms with Gasteiger partial charge in [-0.05, 0) is 5.92 Å². The SMILES string of the molecule is CCC(C)CNc1nc(CCC(=O)OC)cs1. The number of thiazole rings is 1. The number of methoxy groups -OCH3 is 1. The monoisotopic (exact) mass is 256 g/mol. The third-order valence-electron chi connectivity index (χ3n) is 2.66. The molecule has 1 rings (SSSR count). The topological polar surface area (TPSA) is 51.2 Å². The number of esters is 1. The van der Waals surface area contributed by atoms with Crippen LogP contribution in [0.25, 0.3) is 0 Å². The van der Waals surface area contributed by atoms with Crippen molar-refractivity contribution in [3.8, 4) is 0 Å². The average molecular weight is 256 g/mol. The Kier molecular flexibility index (Phi) is 5.97. The van der Waals surface area contributed by atoms with E-state index in [1.807, 2.05) is 5.38 Å². The molecule has 0 fully saturated rings. The first kappa shape index (κ1) is 14.0. The van der Waals surface area contributed by atoms with Crippen molar-refractivity contribution in [3.63, 3.8) is 0 Å². The Bertz CT molecular complexity index is 352. The molecule has 4 nitrogen and oxygen atoms in total. The first-order chi connectivity index (χ1) is 8.15. The van der Waals surface area contributed by atoms with E-state index in [1.165, 1.54) is 7.11 Å². The van der Waals surface area contributed by atoms with E-state index in [2.05, 4.69) is 28.9 Å². The Balaban J connectivity index is 2.34. The molecule has 96 valence electrons. The predicted octanol–water partition coefficient (Wildman–Crippen LogP) is 2.71. The molecule has 1 aromatic heterocycles. The highest BCUT2D eigenvalue weighted by Crippen LogP contribution is 2.17. The molecule has 0 aliphatic heterocycles. The summed E-state index contributed by atoms with van der Waals surface area (Å²) in [5.41, 5.74) is 0.951. The van der Waals surface area contributed by atoms with E-state index in [-0.39, 0.29) is 5.97 Å². The van der Waals surface area contributed by atoms with Gasteiger partial charge in [0, 0.05) is 18.3 Å². The number of carbonyl (C=O) groups excluding carboxylic acids is 1. The zero-order valence-electron chi connectivity index (χ0n) is 10.7. The first-order valence-electron chi connectivity index (χ1n) is 5.90. The van der Waals surface area contributed by atoms with E-state index < -0.39 is 0 Å². The molecule has 0 saturated heterocycles. The number of aryl methyl sites for hydroxylation is 1. The van der Waals surface area contributed by atoms with Crippen molar-refractivity contribution in [2.45, 2.75) is 33.1 Å². The van der Waals surface area contributed by atoms with Gasteiger partial charge in [-0.3, -0.25) is 4.79 Å². The summed E-state index contributed by atoms with van der Waals surface area (Å²) in [6.45, 7) is 5.33. The highest BCUT2D eigenvalue weighted by atomic mass is 32.1. The minimum Gasteiger partial charge on any atom is -0.469 e. The maximum atomic E-state index is 11.0. The number of nitrogens with zero attached hydrogens (tertiary/aromatic N) is 1. The maximum Gasteiger partial charge on any atom is 0.305 e. The Labute approximate surface area is 106 Å². The number of ether oxygens (including phenoxy) is 1. The number of hydrogen-bond acceptors (Lipinski definition) is 5. The van der Waals surface area contributed by atoms with Crippen LogP contribution in [0.2, 0.25) is 0 Å². The lowest BCUT2D eigenvalue weighted by Crippen LogP contribution is -2.10. The fourth-order valence-corrected chi connectivity index (χ4v) is 2.00. The lowest BCUT2D eigenvalue weighted by atomic mass is 10.1. The van der Waals surface area contributed by atoms with Crippen molar-refractivity contribution in [2.24, 2.45) is 5.92 Å². The minimum absolute atomic E-state index is 0.188. The van der Waals surface area contributed by atoms with Crippen LogP contribution in [-0.2, 0) is 16.0 Å². The number of anilines is 1. The van der Waals surface area contributed by atoms with Crippen molar-refractivity contribution < 1.29 is 9.53 Å². The number of rotatable bonds is 7. The highest BCUT2D eigenvalue weighted by molar-refractivity contribution is 7.13. The molecular formula is C12H20N2O2S. The van der Waals surface area contributed by atoms with Gasteiger partial charge in [0.25, 0.3) is 0 Å². The average Bonchev–Trinajstić information content (AvgIpc) is 2.80. The van der Waals surface area contributed by atoms with Gasteiger partial charge in [0.2, 0.25) is 0 Å². The molecule has 0 radical (unpaired) electrons. The van der Waals surface area contributed by atoms with E-state index in [9.17, 15) is 4.79 Å². The van der Waals surface area contributed by atoms with Crippen LogP contribution in [0.15, 0.2) is 5.38 Å². The Hall–Kier alpha value is -1.10. The maximum absolute atomic E-state index is 11.0. The second-order valence-electron chi connectivity index (χ2n) is 4.11. The van der Waals surface area contributed by atoms with E-state index in [0.29, 0.717) is 18.8 Å². The van der Waals surface area contributed by atoms with Crippen LogP contribution < -0.4 is 5.32 Å². The summed E-state index contributed by atoms with van der Waals surface area (Å²) in [6.07, 6.45) is 2.20. The van der Waals surface area contributed by atoms with Gasteiger partial charge >= 0.3 is 5.97 Å². The molecule has 1 unspecified atom stereocenters. The molecule has 0 aliphatic carbocycles. The van der Waals surface area contributed by atoms with E-state index in [4.69, 9.17) is 0 Å². The lowest BCUT2D eigenvalue weighted by molar-refractivity contribution is -0.140. The van der Waals surface area contributed by atoms with Crippen molar-refractivity contribution >= 4 is 22.4 Å². The molecule has 1 N–H and O–H groups in total. The summed E-state index contributed by atoms with van der Waals surface area (Å²) < 4.78 is 4.59. The van der Waals surface area contributed by atoms with E-state index in [1.54, 1.807) is 11.3 Å². The number of nitrogens with one attached hydrogen (secondary N) is 1. The summed E-state index contributed by atoms with van der Waals surface area (Å²) in [7, 11) is 1.41. The molecule has 0 aliphatic rings. The molecule has 0 saturated carbocycles. The molecule has 1 heterocycles. The third-order valence-corrected chi connectivity index (χ3v) is 3.51. The molecule has 0 spiro atoms. The van der Waals surface area contributed by atoms with Crippen molar-refractivity contribution in [2.75, 3.05) is 19.0 Å². The fraction of sp³-hybridized carbons (Fsp3) is 0.667. The second-order valence-corrected chi connectivity index (χ2v) is 4.97. The molecule has 17 heavy (non-hydrogen) atoms. The normalized spacial score (nSPS) is 12.2. The quantitative estimate of drug-likeness (QED) is 0.762. The zero-order valence-corrected chi connectivity index (χ0v) is 11.5. The van der Waals surface area contributed by atoms with Crippen LogP contribution in [0.3, 0.4) is 0 Å². The van der Waals surface area contributed by atoms with Gasteiger partial charge in [0.15, 0.2) is 5.13 Å². The summed E-state index contributed by atoms with van der Waals surface area (Å²) >= 11 is 1.59. The van der Waals surface area contributed by atoms with E-state index in [0.717, 1.165) is 23.8 Å². The lowest BCUT2D eigenvalue weighted by Gasteiger charge is -2.08. The molecule has 1 aromatic rings. The van der Waals surface area contributed by atoms with Crippen LogP contribution in [0.5, 0.6) is 0 Å². The van der Waals surface area contributed by atoms with Gasteiger partial charge in [-0.15, -0.1) is 11.3 Å². The Morgan fingerprint density at radius 1 is 1.65 bits per heavy atom. The van der Waals surface area contributed by atoms with Crippen LogP contribution >= 0.6 is 11.3 Å².